The molecule has 0 radical (unpaired) electrons. The average Bonchev–Trinajstić information content (AvgIpc) is 2.19. The Labute approximate surface area is 100 Å². The van der Waals surface area contributed by atoms with Gasteiger partial charge in [0.15, 0.2) is 0 Å². The highest BCUT2D eigenvalue weighted by molar-refractivity contribution is 5.46. The number of aryl methyl sites for hydroxylation is 2. The molecule has 0 aliphatic heterocycles. The van der Waals surface area contributed by atoms with Crippen molar-refractivity contribution in [2.24, 2.45) is 0 Å². The average molecular weight is 245 g/mol. The van der Waals surface area contributed by atoms with Gasteiger partial charge in [-0.1, -0.05) is 6.07 Å². The molecule has 96 valence electrons. The van der Waals surface area contributed by atoms with E-state index >= 15 is 0 Å². The second-order valence-electron chi connectivity index (χ2n) is 4.44. The zero-order valence-corrected chi connectivity index (χ0v) is 10.8. The SMILES string of the molecule is CNC(c1c(C)c(C)cc(C)c1C)C(F)(F)F. The van der Waals surface area contributed by atoms with Crippen molar-refractivity contribution in [1.29, 1.82) is 0 Å². The molecule has 0 aliphatic rings. The van der Waals surface area contributed by atoms with E-state index in [0.29, 0.717) is 16.7 Å². The lowest BCUT2D eigenvalue weighted by Crippen LogP contribution is -2.33. The standard InChI is InChI=1S/C13H18F3N/c1-7-6-8(2)10(4)11(9(7)3)12(17-5)13(14,15)16/h6,12,17H,1-5H3. The van der Waals surface area contributed by atoms with E-state index < -0.39 is 12.2 Å². The number of halogens is 3. The molecule has 1 aromatic carbocycles. The third kappa shape index (κ3) is 2.63. The van der Waals surface area contributed by atoms with Gasteiger partial charge in [0.2, 0.25) is 0 Å². The van der Waals surface area contributed by atoms with Crippen molar-refractivity contribution in [3.63, 3.8) is 0 Å². The van der Waals surface area contributed by atoms with E-state index in [1.165, 1.54) is 7.05 Å². The summed E-state index contributed by atoms with van der Waals surface area (Å²) in [6.07, 6.45) is -4.27. The lowest BCUT2D eigenvalue weighted by atomic mass is 9.89. The summed E-state index contributed by atoms with van der Waals surface area (Å²) in [5.74, 6) is 0. The van der Waals surface area contributed by atoms with Crippen molar-refractivity contribution >= 4 is 0 Å². The maximum atomic E-state index is 13.0. The number of benzene rings is 1. The second kappa shape index (κ2) is 4.69. The van der Waals surface area contributed by atoms with Crippen LogP contribution in [0.15, 0.2) is 6.07 Å². The molecule has 0 heterocycles. The van der Waals surface area contributed by atoms with Gasteiger partial charge in [-0.25, -0.2) is 0 Å². The summed E-state index contributed by atoms with van der Waals surface area (Å²) in [5.41, 5.74) is 3.58. The van der Waals surface area contributed by atoms with Crippen molar-refractivity contribution in [2.45, 2.75) is 39.9 Å². The van der Waals surface area contributed by atoms with E-state index in [9.17, 15) is 13.2 Å². The molecule has 1 atom stereocenters. The van der Waals surface area contributed by atoms with E-state index in [-0.39, 0.29) is 0 Å². The van der Waals surface area contributed by atoms with Crippen LogP contribution in [0.2, 0.25) is 0 Å². The number of nitrogens with one attached hydrogen (secondary N) is 1. The monoisotopic (exact) mass is 245 g/mol. The molecule has 4 heteroatoms. The summed E-state index contributed by atoms with van der Waals surface area (Å²) in [7, 11) is 1.34. The third-order valence-electron chi connectivity index (χ3n) is 3.33. The fourth-order valence-corrected chi connectivity index (χ4v) is 2.15. The highest BCUT2D eigenvalue weighted by atomic mass is 19.4. The van der Waals surface area contributed by atoms with Gasteiger partial charge >= 0.3 is 6.18 Å². The van der Waals surface area contributed by atoms with Crippen molar-refractivity contribution < 1.29 is 13.2 Å². The number of alkyl halides is 3. The molecule has 0 amide bonds. The van der Waals surface area contributed by atoms with Crippen LogP contribution in [0.1, 0.15) is 33.9 Å². The fraction of sp³-hybridized carbons (Fsp3) is 0.538. The van der Waals surface area contributed by atoms with E-state index in [0.717, 1.165) is 11.1 Å². The number of hydrogen-bond donors (Lipinski definition) is 1. The smallest absolute Gasteiger partial charge is 0.306 e. The Morgan fingerprint density at radius 2 is 1.41 bits per heavy atom. The third-order valence-corrected chi connectivity index (χ3v) is 3.33. The number of hydrogen-bond acceptors (Lipinski definition) is 1. The first-order chi connectivity index (χ1) is 7.70. The molecule has 0 saturated carbocycles. The topological polar surface area (TPSA) is 12.0 Å². The molecule has 1 unspecified atom stereocenters. The summed E-state index contributed by atoms with van der Waals surface area (Å²) in [6.45, 7) is 7.17. The molecule has 1 N–H and O–H groups in total. The minimum absolute atomic E-state index is 0.359. The highest BCUT2D eigenvalue weighted by Gasteiger charge is 2.41. The van der Waals surface area contributed by atoms with Gasteiger partial charge in [-0.2, -0.15) is 13.2 Å². The summed E-state index contributed by atoms with van der Waals surface area (Å²) in [5, 5.41) is 2.37. The molecule has 1 rings (SSSR count). The van der Waals surface area contributed by atoms with Crippen LogP contribution >= 0.6 is 0 Å². The first-order valence-corrected chi connectivity index (χ1v) is 5.51. The van der Waals surface area contributed by atoms with Gasteiger partial charge in [0.25, 0.3) is 0 Å². The van der Waals surface area contributed by atoms with Crippen LogP contribution in [-0.2, 0) is 0 Å². The minimum atomic E-state index is -4.27. The Kier molecular flexibility index (Phi) is 3.87. The van der Waals surface area contributed by atoms with Crippen molar-refractivity contribution in [3.8, 4) is 0 Å². The molecule has 17 heavy (non-hydrogen) atoms. The molecule has 0 spiro atoms. The largest absolute Gasteiger partial charge is 0.407 e. The van der Waals surface area contributed by atoms with Crippen molar-refractivity contribution in [1.82, 2.24) is 5.32 Å². The van der Waals surface area contributed by atoms with Gasteiger partial charge in [-0.3, -0.25) is 0 Å². The van der Waals surface area contributed by atoms with Gasteiger partial charge in [-0.15, -0.1) is 0 Å². The summed E-state index contributed by atoms with van der Waals surface area (Å²) in [6, 6.07) is 0.332. The first-order valence-electron chi connectivity index (χ1n) is 5.51. The number of rotatable bonds is 2. The maximum Gasteiger partial charge on any atom is 0.407 e. The van der Waals surface area contributed by atoms with Gasteiger partial charge in [-0.05, 0) is 62.6 Å². The second-order valence-corrected chi connectivity index (χ2v) is 4.44. The maximum absolute atomic E-state index is 13.0. The quantitative estimate of drug-likeness (QED) is 0.836. The molecule has 0 aliphatic carbocycles. The van der Waals surface area contributed by atoms with Crippen LogP contribution in [0.4, 0.5) is 13.2 Å². The van der Waals surface area contributed by atoms with Crippen molar-refractivity contribution in [3.05, 3.63) is 33.9 Å². The minimum Gasteiger partial charge on any atom is -0.306 e. The predicted octanol–water partition coefficient (Wildman–Crippen LogP) is 3.74. The Bertz CT molecular complexity index is 395. The lowest BCUT2D eigenvalue weighted by molar-refractivity contribution is -0.156. The summed E-state index contributed by atoms with van der Waals surface area (Å²) >= 11 is 0. The molecule has 0 fully saturated rings. The zero-order valence-electron chi connectivity index (χ0n) is 10.8. The van der Waals surface area contributed by atoms with Crippen LogP contribution in [0.5, 0.6) is 0 Å². The summed E-state index contributed by atoms with van der Waals surface area (Å²) < 4.78 is 38.9. The van der Waals surface area contributed by atoms with Crippen LogP contribution < -0.4 is 5.32 Å². The Morgan fingerprint density at radius 3 is 1.71 bits per heavy atom. The van der Waals surface area contributed by atoms with Gasteiger partial charge in [0.05, 0.1) is 0 Å². The van der Waals surface area contributed by atoms with E-state index in [1.807, 2.05) is 19.9 Å². The Hall–Kier alpha value is -1.03. The molecule has 1 aromatic rings. The fourth-order valence-electron chi connectivity index (χ4n) is 2.15. The summed E-state index contributed by atoms with van der Waals surface area (Å²) in [4.78, 5) is 0. The van der Waals surface area contributed by atoms with Gasteiger partial charge < -0.3 is 5.32 Å². The molecule has 0 saturated heterocycles. The normalized spacial score (nSPS) is 13.9. The molecule has 0 aromatic heterocycles. The van der Waals surface area contributed by atoms with Gasteiger partial charge in [0, 0.05) is 0 Å². The van der Waals surface area contributed by atoms with E-state index in [4.69, 9.17) is 0 Å². The zero-order chi connectivity index (χ0) is 13.4. The van der Waals surface area contributed by atoms with Gasteiger partial charge in [0.1, 0.15) is 6.04 Å². The van der Waals surface area contributed by atoms with Crippen LogP contribution in [0.25, 0.3) is 0 Å². The lowest BCUT2D eigenvalue weighted by Gasteiger charge is -2.25. The molecule has 1 nitrogen and oxygen atoms in total. The van der Waals surface area contributed by atoms with Crippen LogP contribution in [-0.4, -0.2) is 13.2 Å². The Morgan fingerprint density at radius 1 is 1.00 bits per heavy atom. The van der Waals surface area contributed by atoms with Crippen molar-refractivity contribution in [2.75, 3.05) is 7.05 Å². The Balaban J connectivity index is 3.48. The first kappa shape index (κ1) is 14.0. The molecular weight excluding hydrogens is 227 g/mol. The molecular formula is C13H18F3N. The molecule has 0 bridgehead atoms. The predicted molar refractivity (Wildman–Crippen MR) is 63.2 cm³/mol. The van der Waals surface area contributed by atoms with E-state index in [1.54, 1.807) is 13.8 Å². The van der Waals surface area contributed by atoms with Crippen LogP contribution in [0.3, 0.4) is 0 Å². The highest BCUT2D eigenvalue weighted by Crippen LogP contribution is 2.37. The van der Waals surface area contributed by atoms with E-state index in [2.05, 4.69) is 5.32 Å². The van der Waals surface area contributed by atoms with Crippen LogP contribution in [0, 0.1) is 27.7 Å².